The standard InChI is InChI=1S/C7H9N3O2/c1-4-9-5-2-12-3-8-6(5)7(11)10-4/h8H,2-3H2,1H3,(H,9,10,11). The van der Waals surface area contributed by atoms with Crippen molar-refractivity contribution in [2.45, 2.75) is 13.5 Å². The fourth-order valence-corrected chi connectivity index (χ4v) is 1.20. The van der Waals surface area contributed by atoms with E-state index in [0.717, 1.165) is 0 Å². The summed E-state index contributed by atoms with van der Waals surface area (Å²) in [6, 6.07) is 0. The number of H-pyrrole nitrogens is 1. The Kier molecular flexibility index (Phi) is 1.58. The maximum Gasteiger partial charge on any atom is 0.274 e. The third kappa shape index (κ3) is 1.08. The molecule has 2 rings (SSSR count). The first-order valence-electron chi connectivity index (χ1n) is 3.69. The van der Waals surface area contributed by atoms with Gasteiger partial charge in [-0.25, -0.2) is 4.98 Å². The lowest BCUT2D eigenvalue weighted by Crippen LogP contribution is -2.25. The van der Waals surface area contributed by atoms with Crippen LogP contribution in [0.2, 0.25) is 0 Å². The average molecular weight is 167 g/mol. The van der Waals surface area contributed by atoms with Gasteiger partial charge in [-0.3, -0.25) is 4.79 Å². The lowest BCUT2D eigenvalue weighted by atomic mass is 10.3. The fraction of sp³-hybridized carbons (Fsp3) is 0.429. The van der Waals surface area contributed by atoms with Crippen LogP contribution in [-0.4, -0.2) is 16.7 Å². The van der Waals surface area contributed by atoms with E-state index in [-0.39, 0.29) is 5.56 Å². The summed E-state index contributed by atoms with van der Waals surface area (Å²) < 4.78 is 5.08. The highest BCUT2D eigenvalue weighted by Crippen LogP contribution is 2.12. The predicted molar refractivity (Wildman–Crippen MR) is 42.9 cm³/mol. The first-order valence-corrected chi connectivity index (χ1v) is 3.69. The zero-order valence-corrected chi connectivity index (χ0v) is 6.68. The van der Waals surface area contributed by atoms with Crippen LogP contribution in [0.5, 0.6) is 0 Å². The van der Waals surface area contributed by atoms with Crippen molar-refractivity contribution < 1.29 is 4.74 Å². The van der Waals surface area contributed by atoms with E-state index in [9.17, 15) is 4.79 Å². The number of nitrogens with one attached hydrogen (secondary N) is 2. The minimum absolute atomic E-state index is 0.124. The Balaban J connectivity index is 2.60. The van der Waals surface area contributed by atoms with Crippen LogP contribution in [0.25, 0.3) is 0 Å². The van der Waals surface area contributed by atoms with Crippen LogP contribution in [-0.2, 0) is 11.3 Å². The largest absolute Gasteiger partial charge is 0.357 e. The third-order valence-electron chi connectivity index (χ3n) is 1.70. The monoisotopic (exact) mass is 167 g/mol. The maximum absolute atomic E-state index is 11.3. The Morgan fingerprint density at radius 3 is 3.25 bits per heavy atom. The van der Waals surface area contributed by atoms with Crippen LogP contribution < -0.4 is 10.9 Å². The van der Waals surface area contributed by atoms with Crippen molar-refractivity contribution in [2.24, 2.45) is 0 Å². The summed E-state index contributed by atoms with van der Waals surface area (Å²) in [5.41, 5.74) is 1.09. The lowest BCUT2D eigenvalue weighted by Gasteiger charge is -2.16. The van der Waals surface area contributed by atoms with Gasteiger partial charge in [0.25, 0.3) is 5.56 Å². The smallest absolute Gasteiger partial charge is 0.274 e. The van der Waals surface area contributed by atoms with E-state index in [1.54, 1.807) is 6.92 Å². The number of aryl methyl sites for hydroxylation is 1. The molecular weight excluding hydrogens is 158 g/mol. The van der Waals surface area contributed by atoms with Crippen molar-refractivity contribution >= 4 is 5.69 Å². The Bertz CT molecular complexity index is 358. The Morgan fingerprint density at radius 2 is 2.42 bits per heavy atom. The van der Waals surface area contributed by atoms with Crippen molar-refractivity contribution in [3.63, 3.8) is 0 Å². The SMILES string of the molecule is Cc1nc2c(c(=O)[nH]1)NCOC2. The number of fused-ring (bicyclic) bond motifs is 1. The summed E-state index contributed by atoms with van der Waals surface area (Å²) in [6.45, 7) is 2.53. The molecule has 0 saturated heterocycles. The molecule has 0 aliphatic carbocycles. The summed E-state index contributed by atoms with van der Waals surface area (Å²) >= 11 is 0. The Hall–Kier alpha value is -1.36. The van der Waals surface area contributed by atoms with Gasteiger partial charge in [0.15, 0.2) is 0 Å². The molecule has 1 aliphatic heterocycles. The Labute approximate surface area is 68.8 Å². The molecule has 0 radical (unpaired) electrons. The summed E-state index contributed by atoms with van der Waals surface area (Å²) in [5.74, 6) is 0.617. The van der Waals surface area contributed by atoms with E-state index < -0.39 is 0 Å². The van der Waals surface area contributed by atoms with Gasteiger partial charge in [0.2, 0.25) is 0 Å². The van der Waals surface area contributed by atoms with Gasteiger partial charge < -0.3 is 15.0 Å². The van der Waals surface area contributed by atoms with E-state index in [1.165, 1.54) is 0 Å². The van der Waals surface area contributed by atoms with Crippen molar-refractivity contribution in [3.8, 4) is 0 Å². The Morgan fingerprint density at radius 1 is 1.58 bits per heavy atom. The van der Waals surface area contributed by atoms with E-state index >= 15 is 0 Å². The van der Waals surface area contributed by atoms with Crippen LogP contribution in [0.1, 0.15) is 11.5 Å². The molecule has 0 spiro atoms. The van der Waals surface area contributed by atoms with Gasteiger partial charge in [-0.1, -0.05) is 0 Å². The number of ether oxygens (including phenoxy) is 1. The molecule has 5 nitrogen and oxygen atoms in total. The summed E-state index contributed by atoms with van der Waals surface area (Å²) in [5, 5.41) is 2.83. The molecule has 2 heterocycles. The van der Waals surface area contributed by atoms with Crippen molar-refractivity contribution in [2.75, 3.05) is 12.0 Å². The molecule has 0 amide bonds. The molecule has 64 valence electrons. The van der Waals surface area contributed by atoms with Gasteiger partial charge in [0.1, 0.15) is 18.2 Å². The molecule has 0 aromatic carbocycles. The van der Waals surface area contributed by atoms with E-state index in [4.69, 9.17) is 4.74 Å². The van der Waals surface area contributed by atoms with Crippen LogP contribution in [0.15, 0.2) is 4.79 Å². The number of rotatable bonds is 0. The number of hydrogen-bond acceptors (Lipinski definition) is 4. The van der Waals surface area contributed by atoms with E-state index in [1.807, 2.05) is 0 Å². The third-order valence-corrected chi connectivity index (χ3v) is 1.70. The molecule has 0 unspecified atom stereocenters. The first kappa shape index (κ1) is 7.30. The van der Waals surface area contributed by atoms with Crippen molar-refractivity contribution in [1.29, 1.82) is 0 Å². The minimum Gasteiger partial charge on any atom is -0.357 e. The van der Waals surface area contributed by atoms with Gasteiger partial charge >= 0.3 is 0 Å². The van der Waals surface area contributed by atoms with Gasteiger partial charge in [0, 0.05) is 0 Å². The average Bonchev–Trinajstić information content (AvgIpc) is 2.04. The molecule has 0 fully saturated rings. The topological polar surface area (TPSA) is 67.0 Å². The summed E-state index contributed by atoms with van der Waals surface area (Å²) in [6.07, 6.45) is 0. The number of anilines is 1. The second-order valence-corrected chi connectivity index (χ2v) is 2.64. The van der Waals surface area contributed by atoms with Crippen LogP contribution >= 0.6 is 0 Å². The van der Waals surface area contributed by atoms with Gasteiger partial charge in [0.05, 0.1) is 12.3 Å². The molecule has 1 aliphatic rings. The van der Waals surface area contributed by atoms with Gasteiger partial charge in [-0.15, -0.1) is 0 Å². The molecule has 12 heavy (non-hydrogen) atoms. The number of hydrogen-bond donors (Lipinski definition) is 2. The van der Waals surface area contributed by atoms with Crippen LogP contribution in [0.3, 0.4) is 0 Å². The lowest BCUT2D eigenvalue weighted by molar-refractivity contribution is 0.127. The van der Waals surface area contributed by atoms with Gasteiger partial charge in [-0.2, -0.15) is 0 Å². The number of aromatic nitrogens is 2. The molecular formula is C7H9N3O2. The molecule has 0 saturated carbocycles. The molecule has 1 aromatic heterocycles. The highest BCUT2D eigenvalue weighted by Gasteiger charge is 2.13. The van der Waals surface area contributed by atoms with Crippen molar-refractivity contribution in [3.05, 3.63) is 21.9 Å². The first-order chi connectivity index (χ1) is 5.77. The zero-order chi connectivity index (χ0) is 8.55. The molecule has 2 N–H and O–H groups in total. The molecule has 0 bridgehead atoms. The highest BCUT2D eigenvalue weighted by atomic mass is 16.5. The summed E-state index contributed by atoms with van der Waals surface area (Å²) in [7, 11) is 0. The van der Waals surface area contributed by atoms with Crippen molar-refractivity contribution in [1.82, 2.24) is 9.97 Å². The maximum atomic E-state index is 11.3. The second-order valence-electron chi connectivity index (χ2n) is 2.64. The molecule has 0 atom stereocenters. The number of aromatic amines is 1. The van der Waals surface area contributed by atoms with Crippen LogP contribution in [0.4, 0.5) is 5.69 Å². The molecule has 1 aromatic rings. The highest BCUT2D eigenvalue weighted by molar-refractivity contribution is 5.46. The predicted octanol–water partition coefficient (Wildman–Crippen LogP) is -0.0221. The molecule has 5 heteroatoms. The minimum atomic E-state index is -0.124. The number of nitrogens with zero attached hydrogens (tertiary/aromatic N) is 1. The fourth-order valence-electron chi connectivity index (χ4n) is 1.20. The van der Waals surface area contributed by atoms with Gasteiger partial charge in [-0.05, 0) is 6.92 Å². The zero-order valence-electron chi connectivity index (χ0n) is 6.68. The normalized spacial score (nSPS) is 15.1. The second kappa shape index (κ2) is 2.60. The quantitative estimate of drug-likeness (QED) is 0.569. The summed E-state index contributed by atoms with van der Waals surface area (Å²) in [4.78, 5) is 18.0. The van der Waals surface area contributed by atoms with E-state index in [2.05, 4.69) is 15.3 Å². The van der Waals surface area contributed by atoms with E-state index in [0.29, 0.717) is 30.5 Å². The van der Waals surface area contributed by atoms with Crippen LogP contribution in [0, 0.1) is 6.92 Å².